The van der Waals surface area contributed by atoms with Crippen molar-refractivity contribution in [3.05, 3.63) is 68.7 Å². The Hall–Kier alpha value is -4.08. The minimum Gasteiger partial charge on any atom is -0.477 e. The molecule has 2 N–H and O–H groups in total. The number of nitriles is 1. The van der Waals surface area contributed by atoms with E-state index in [1.165, 1.54) is 41.6 Å². The molecule has 11 nitrogen and oxygen atoms in total. The Bertz CT molecular complexity index is 1430. The zero-order chi connectivity index (χ0) is 24.3. The Balaban J connectivity index is 1.67. The van der Waals surface area contributed by atoms with Gasteiger partial charge in [-0.25, -0.2) is 9.78 Å². The van der Waals surface area contributed by atoms with Gasteiger partial charge in [0, 0.05) is 29.0 Å². The van der Waals surface area contributed by atoms with Crippen LogP contribution in [0.5, 0.6) is 0 Å². The van der Waals surface area contributed by atoms with Crippen LogP contribution < -0.4 is 0 Å². The second-order valence-corrected chi connectivity index (χ2v) is 9.13. The first kappa shape index (κ1) is 21.7. The summed E-state index contributed by atoms with van der Waals surface area (Å²) in [5.41, 5.74) is 1.61. The SMILES string of the molecule is C[C@@H](O)[C@H]1C(=O)N2C(C(=O)O)=C(c3csc4c(C#N)ncn34)C(Cc3ccc([N+](=O)[O-])cc3)[C@H]12. The molecule has 0 aliphatic carbocycles. The van der Waals surface area contributed by atoms with Gasteiger partial charge in [0.1, 0.15) is 22.9 Å². The Labute approximate surface area is 195 Å². The van der Waals surface area contributed by atoms with Crippen LogP contribution in [0, 0.1) is 33.3 Å². The monoisotopic (exact) mass is 479 g/mol. The number of non-ortho nitro benzene ring substituents is 1. The maximum absolute atomic E-state index is 12.9. The number of aliphatic hydroxyl groups is 1. The predicted octanol–water partition coefficient (Wildman–Crippen LogP) is 2.05. The second kappa shape index (κ2) is 7.75. The number of aliphatic hydroxyl groups excluding tert-OH is 1. The number of nitro groups is 1. The van der Waals surface area contributed by atoms with E-state index in [1.807, 2.05) is 6.07 Å². The van der Waals surface area contributed by atoms with E-state index in [4.69, 9.17) is 0 Å². The first-order valence-electron chi connectivity index (χ1n) is 10.3. The molecule has 2 aromatic heterocycles. The lowest BCUT2D eigenvalue weighted by Gasteiger charge is -2.47. The van der Waals surface area contributed by atoms with Gasteiger partial charge in [-0.3, -0.25) is 19.3 Å². The zero-order valence-electron chi connectivity index (χ0n) is 17.7. The van der Waals surface area contributed by atoms with Crippen LogP contribution in [0.2, 0.25) is 0 Å². The molecule has 172 valence electrons. The molecule has 2 aliphatic rings. The van der Waals surface area contributed by atoms with Gasteiger partial charge in [-0.15, -0.1) is 11.3 Å². The molecule has 12 heteroatoms. The van der Waals surface area contributed by atoms with Crippen LogP contribution in [0.4, 0.5) is 5.69 Å². The molecule has 1 fully saturated rings. The van der Waals surface area contributed by atoms with Crippen LogP contribution in [-0.4, -0.2) is 53.4 Å². The molecule has 0 saturated carbocycles. The number of aromatic nitrogens is 2. The normalized spacial score (nSPS) is 22.4. The Morgan fingerprint density at radius 3 is 2.68 bits per heavy atom. The van der Waals surface area contributed by atoms with Crippen LogP contribution >= 0.6 is 11.3 Å². The van der Waals surface area contributed by atoms with E-state index in [-0.39, 0.29) is 17.1 Å². The van der Waals surface area contributed by atoms with Gasteiger partial charge in [0.2, 0.25) is 5.91 Å². The number of benzene rings is 1. The predicted molar refractivity (Wildman–Crippen MR) is 118 cm³/mol. The fourth-order valence-electron chi connectivity index (χ4n) is 5.01. The molecule has 1 amide bonds. The topological polar surface area (TPSA) is 162 Å². The third kappa shape index (κ3) is 3.01. The first-order chi connectivity index (χ1) is 16.2. The number of carboxylic acid groups (broad SMARTS) is 1. The minimum absolute atomic E-state index is 0.0681. The molecule has 0 radical (unpaired) electrons. The van der Waals surface area contributed by atoms with Gasteiger partial charge in [0.25, 0.3) is 5.69 Å². The molecule has 1 aromatic carbocycles. The van der Waals surface area contributed by atoms with Gasteiger partial charge in [0.05, 0.1) is 28.7 Å². The first-order valence-corrected chi connectivity index (χ1v) is 11.2. The number of hydrogen-bond acceptors (Lipinski definition) is 8. The van der Waals surface area contributed by atoms with Crippen molar-refractivity contribution >= 4 is 39.3 Å². The smallest absolute Gasteiger partial charge is 0.352 e. The number of hydrogen-bond donors (Lipinski definition) is 2. The van der Waals surface area contributed by atoms with Crippen LogP contribution in [0.3, 0.4) is 0 Å². The van der Waals surface area contributed by atoms with E-state index >= 15 is 0 Å². The third-order valence-corrected chi connectivity index (χ3v) is 7.39. The molecular formula is C22H17N5O6S. The van der Waals surface area contributed by atoms with Gasteiger partial charge < -0.3 is 15.1 Å². The summed E-state index contributed by atoms with van der Waals surface area (Å²) in [5.74, 6) is -3.02. The number of thiazole rings is 1. The number of β-lactam (4-membered cyclic amide) rings is 1. The van der Waals surface area contributed by atoms with E-state index in [0.29, 0.717) is 22.5 Å². The molecule has 3 aromatic rings. The number of carbonyl (C=O) groups is 2. The van der Waals surface area contributed by atoms with Gasteiger partial charge in [0.15, 0.2) is 5.69 Å². The number of fused-ring (bicyclic) bond motifs is 2. The van der Waals surface area contributed by atoms with Crippen molar-refractivity contribution in [1.29, 1.82) is 5.26 Å². The lowest BCUT2D eigenvalue weighted by Crippen LogP contribution is -2.64. The highest BCUT2D eigenvalue weighted by atomic mass is 32.1. The summed E-state index contributed by atoms with van der Waals surface area (Å²) in [7, 11) is 0. The molecule has 34 heavy (non-hydrogen) atoms. The van der Waals surface area contributed by atoms with E-state index in [0.717, 1.165) is 5.56 Å². The second-order valence-electron chi connectivity index (χ2n) is 8.27. The summed E-state index contributed by atoms with van der Waals surface area (Å²) < 4.78 is 1.64. The van der Waals surface area contributed by atoms with Crippen molar-refractivity contribution in [3.8, 4) is 6.07 Å². The summed E-state index contributed by atoms with van der Waals surface area (Å²) in [4.78, 5) is 41.6. The fraction of sp³-hybridized carbons (Fsp3) is 0.273. The molecule has 1 unspecified atom stereocenters. The standard InChI is InChI=1S/C22H17N5O6S/c1-10(28)16-18-13(6-11-2-4-12(5-3-11)27(32)33)17(19(22(30)31)26(18)20(16)29)15-8-34-21-14(7-23)24-9-25(15)21/h2-5,8-10,13,16,18,28H,6H2,1H3,(H,30,31)/t10-,13?,16-,18-/m1/s1. The van der Waals surface area contributed by atoms with Crippen molar-refractivity contribution in [2.75, 3.05) is 0 Å². The van der Waals surface area contributed by atoms with E-state index < -0.39 is 40.8 Å². The highest BCUT2D eigenvalue weighted by molar-refractivity contribution is 7.16. The number of imidazole rings is 1. The van der Waals surface area contributed by atoms with Crippen molar-refractivity contribution in [2.45, 2.75) is 25.5 Å². The van der Waals surface area contributed by atoms with Crippen molar-refractivity contribution < 1.29 is 24.7 Å². The molecule has 4 atom stereocenters. The van der Waals surface area contributed by atoms with Crippen molar-refractivity contribution in [3.63, 3.8) is 0 Å². The Morgan fingerprint density at radius 2 is 2.09 bits per heavy atom. The average molecular weight is 479 g/mol. The van der Waals surface area contributed by atoms with E-state index in [2.05, 4.69) is 4.98 Å². The van der Waals surface area contributed by atoms with Gasteiger partial charge in [-0.1, -0.05) is 12.1 Å². The zero-order valence-corrected chi connectivity index (χ0v) is 18.5. The van der Waals surface area contributed by atoms with Gasteiger partial charge in [-0.2, -0.15) is 5.26 Å². The largest absolute Gasteiger partial charge is 0.477 e. The number of carboxylic acids is 1. The van der Waals surface area contributed by atoms with Crippen LogP contribution in [0.1, 0.15) is 23.9 Å². The van der Waals surface area contributed by atoms with E-state index in [9.17, 15) is 35.2 Å². The third-order valence-electron chi connectivity index (χ3n) is 6.44. The Morgan fingerprint density at radius 1 is 1.38 bits per heavy atom. The molecule has 1 saturated heterocycles. The van der Waals surface area contributed by atoms with Crippen molar-refractivity contribution in [2.24, 2.45) is 11.8 Å². The molecule has 4 heterocycles. The van der Waals surface area contributed by atoms with Crippen molar-refractivity contribution in [1.82, 2.24) is 14.3 Å². The molecule has 0 spiro atoms. The van der Waals surface area contributed by atoms with Crippen LogP contribution in [0.25, 0.3) is 10.4 Å². The van der Waals surface area contributed by atoms with Gasteiger partial charge >= 0.3 is 5.97 Å². The number of aliphatic carboxylic acids is 1. The highest BCUT2D eigenvalue weighted by Gasteiger charge is 2.61. The number of rotatable bonds is 6. The number of amides is 1. The molecule has 5 rings (SSSR count). The van der Waals surface area contributed by atoms with Crippen LogP contribution in [-0.2, 0) is 16.0 Å². The lowest BCUT2D eigenvalue weighted by atomic mass is 9.74. The average Bonchev–Trinajstić information content (AvgIpc) is 3.45. The minimum atomic E-state index is -1.27. The van der Waals surface area contributed by atoms with Crippen LogP contribution in [0.15, 0.2) is 41.7 Å². The Kier molecular flexibility index (Phi) is 4.96. The number of nitro benzene ring substituents is 1. The summed E-state index contributed by atoms with van der Waals surface area (Å²) >= 11 is 1.24. The summed E-state index contributed by atoms with van der Waals surface area (Å²) in [5, 5.41) is 42.4. The maximum atomic E-state index is 12.9. The highest BCUT2D eigenvalue weighted by Crippen LogP contribution is 2.52. The number of carbonyl (C=O) groups excluding carboxylic acids is 1. The lowest BCUT2D eigenvalue weighted by molar-refractivity contribution is -0.384. The fourth-order valence-corrected chi connectivity index (χ4v) is 5.94. The van der Waals surface area contributed by atoms with Gasteiger partial charge in [-0.05, 0) is 18.9 Å². The van der Waals surface area contributed by atoms with E-state index in [1.54, 1.807) is 21.9 Å². The molecule has 2 aliphatic heterocycles. The summed E-state index contributed by atoms with van der Waals surface area (Å²) in [6.45, 7) is 1.50. The quantitative estimate of drug-likeness (QED) is 0.308. The summed E-state index contributed by atoms with van der Waals surface area (Å²) in [6.07, 6.45) is 0.751. The molecular weight excluding hydrogens is 462 g/mol. The molecule has 0 bridgehead atoms. The maximum Gasteiger partial charge on any atom is 0.352 e. The number of nitrogens with zero attached hydrogens (tertiary/aromatic N) is 5. The summed E-state index contributed by atoms with van der Waals surface area (Å²) in [6, 6.07) is 7.37.